The first-order chi connectivity index (χ1) is 9.69. The van der Waals surface area contributed by atoms with E-state index in [1.807, 2.05) is 4.72 Å². The molecular formula is C13H11F3N2O2S. The predicted octanol–water partition coefficient (Wildman–Crippen LogP) is 2.80. The molecule has 0 aliphatic heterocycles. The van der Waals surface area contributed by atoms with Crippen LogP contribution in [0.5, 0.6) is 0 Å². The highest BCUT2D eigenvalue weighted by Gasteiger charge is 2.25. The monoisotopic (exact) mass is 316 g/mol. The van der Waals surface area contributed by atoms with Crippen LogP contribution in [0.2, 0.25) is 0 Å². The van der Waals surface area contributed by atoms with Crippen LogP contribution >= 0.6 is 0 Å². The van der Waals surface area contributed by atoms with Gasteiger partial charge in [-0.05, 0) is 42.8 Å². The van der Waals surface area contributed by atoms with Crippen LogP contribution in [0.1, 0.15) is 5.56 Å². The van der Waals surface area contributed by atoms with E-state index < -0.39 is 32.4 Å². The number of sulfonamides is 1. The van der Waals surface area contributed by atoms with E-state index in [-0.39, 0.29) is 11.4 Å². The van der Waals surface area contributed by atoms with Crippen molar-refractivity contribution in [3.05, 3.63) is 53.3 Å². The third kappa shape index (κ3) is 3.27. The molecule has 4 nitrogen and oxygen atoms in total. The van der Waals surface area contributed by atoms with Crippen LogP contribution < -0.4 is 10.5 Å². The van der Waals surface area contributed by atoms with Crippen LogP contribution in [0, 0.1) is 24.4 Å². The molecule has 0 saturated carbocycles. The van der Waals surface area contributed by atoms with E-state index in [1.54, 1.807) is 6.92 Å². The first-order valence-electron chi connectivity index (χ1n) is 5.73. The van der Waals surface area contributed by atoms with Gasteiger partial charge in [-0.15, -0.1) is 0 Å². The quantitative estimate of drug-likeness (QED) is 0.855. The second-order valence-corrected chi connectivity index (χ2v) is 6.06. The van der Waals surface area contributed by atoms with E-state index in [4.69, 9.17) is 5.73 Å². The van der Waals surface area contributed by atoms with Crippen molar-refractivity contribution in [2.45, 2.75) is 11.8 Å². The van der Waals surface area contributed by atoms with Gasteiger partial charge >= 0.3 is 0 Å². The molecule has 21 heavy (non-hydrogen) atoms. The van der Waals surface area contributed by atoms with Crippen molar-refractivity contribution < 1.29 is 21.6 Å². The number of hydrogen-bond donors (Lipinski definition) is 2. The van der Waals surface area contributed by atoms with Crippen LogP contribution in [-0.4, -0.2) is 8.42 Å². The smallest absolute Gasteiger partial charge is 0.267 e. The first kappa shape index (κ1) is 15.2. The third-order valence-corrected chi connectivity index (χ3v) is 4.02. The average molecular weight is 316 g/mol. The lowest BCUT2D eigenvalue weighted by molar-refractivity contribution is 0.522. The summed E-state index contributed by atoms with van der Waals surface area (Å²) in [6.07, 6.45) is 0. The molecule has 2 aromatic carbocycles. The van der Waals surface area contributed by atoms with Gasteiger partial charge in [-0.25, -0.2) is 21.6 Å². The van der Waals surface area contributed by atoms with Gasteiger partial charge < -0.3 is 5.73 Å². The molecular weight excluding hydrogens is 305 g/mol. The zero-order chi connectivity index (χ0) is 15.8. The van der Waals surface area contributed by atoms with Gasteiger partial charge in [-0.2, -0.15) is 0 Å². The maximum Gasteiger partial charge on any atom is 0.267 e. The predicted molar refractivity (Wildman–Crippen MR) is 72.7 cm³/mol. The highest BCUT2D eigenvalue weighted by Crippen LogP contribution is 2.24. The Morgan fingerprint density at radius 1 is 1.00 bits per heavy atom. The molecule has 3 N–H and O–H groups in total. The van der Waals surface area contributed by atoms with Crippen molar-refractivity contribution in [2.24, 2.45) is 0 Å². The number of nitrogens with one attached hydrogen (secondary N) is 1. The van der Waals surface area contributed by atoms with Crippen molar-refractivity contribution in [3.63, 3.8) is 0 Å². The highest BCUT2D eigenvalue weighted by molar-refractivity contribution is 7.92. The molecule has 0 amide bonds. The van der Waals surface area contributed by atoms with Crippen LogP contribution in [-0.2, 0) is 10.0 Å². The summed E-state index contributed by atoms with van der Waals surface area (Å²) in [5.74, 6) is -3.33. The highest BCUT2D eigenvalue weighted by atomic mass is 32.2. The largest absolute Gasteiger partial charge is 0.399 e. The van der Waals surface area contributed by atoms with Gasteiger partial charge in [-0.3, -0.25) is 4.72 Å². The molecule has 0 radical (unpaired) electrons. The minimum absolute atomic E-state index is 0.136. The molecule has 0 heterocycles. The fraction of sp³-hybridized carbons (Fsp3) is 0.0769. The van der Waals surface area contributed by atoms with Gasteiger partial charge in [0.25, 0.3) is 10.0 Å². The Labute approximate surface area is 119 Å². The number of hydrogen-bond acceptors (Lipinski definition) is 3. The number of halogens is 3. The molecule has 2 rings (SSSR count). The zero-order valence-corrected chi connectivity index (χ0v) is 11.6. The fourth-order valence-corrected chi connectivity index (χ4v) is 3.00. The van der Waals surface area contributed by atoms with Gasteiger partial charge in [0.1, 0.15) is 17.5 Å². The Morgan fingerprint density at radius 2 is 1.57 bits per heavy atom. The molecule has 112 valence electrons. The molecule has 0 saturated heterocycles. The van der Waals surface area contributed by atoms with Gasteiger partial charge in [0, 0.05) is 5.69 Å². The summed E-state index contributed by atoms with van der Waals surface area (Å²) < 4.78 is 66.5. The van der Waals surface area contributed by atoms with Gasteiger partial charge in [-0.1, -0.05) is 0 Å². The van der Waals surface area contributed by atoms with E-state index in [0.29, 0.717) is 17.7 Å². The molecule has 0 unspecified atom stereocenters. The number of benzene rings is 2. The van der Waals surface area contributed by atoms with Crippen molar-refractivity contribution in [1.29, 1.82) is 0 Å². The Morgan fingerprint density at radius 3 is 2.10 bits per heavy atom. The molecule has 0 atom stereocenters. The number of nitrogen functional groups attached to an aromatic ring is 1. The van der Waals surface area contributed by atoms with E-state index in [9.17, 15) is 21.6 Å². The molecule has 0 bridgehead atoms. The maximum atomic E-state index is 13.7. The lowest BCUT2D eigenvalue weighted by atomic mass is 10.2. The summed E-state index contributed by atoms with van der Waals surface area (Å²) in [5, 5.41) is 0. The topological polar surface area (TPSA) is 72.2 Å². The van der Waals surface area contributed by atoms with E-state index in [2.05, 4.69) is 0 Å². The fourth-order valence-electron chi connectivity index (χ4n) is 1.84. The molecule has 0 aliphatic rings. The summed E-state index contributed by atoms with van der Waals surface area (Å²) in [6.45, 7) is 1.55. The Bertz CT molecular complexity index is 764. The number of aryl methyl sites for hydroxylation is 1. The van der Waals surface area contributed by atoms with Crippen molar-refractivity contribution in [1.82, 2.24) is 0 Å². The van der Waals surface area contributed by atoms with E-state index in [1.165, 1.54) is 12.1 Å². The van der Waals surface area contributed by atoms with E-state index >= 15 is 0 Å². The van der Waals surface area contributed by atoms with Crippen LogP contribution in [0.4, 0.5) is 24.5 Å². The second kappa shape index (κ2) is 5.28. The SMILES string of the molecule is Cc1cc(F)cc(NS(=O)(=O)c2c(F)cc(N)cc2F)c1. The molecule has 0 fully saturated rings. The summed E-state index contributed by atoms with van der Waals surface area (Å²) in [7, 11) is -4.55. The van der Waals surface area contributed by atoms with Crippen LogP contribution in [0.25, 0.3) is 0 Å². The lowest BCUT2D eigenvalue weighted by Crippen LogP contribution is -2.17. The summed E-state index contributed by atoms with van der Waals surface area (Å²) >= 11 is 0. The van der Waals surface area contributed by atoms with Crippen LogP contribution in [0.3, 0.4) is 0 Å². The molecule has 2 aromatic rings. The van der Waals surface area contributed by atoms with E-state index in [0.717, 1.165) is 6.07 Å². The van der Waals surface area contributed by atoms with Gasteiger partial charge in [0.15, 0.2) is 4.90 Å². The van der Waals surface area contributed by atoms with Crippen molar-refractivity contribution in [3.8, 4) is 0 Å². The molecule has 0 spiro atoms. The summed E-state index contributed by atoms with van der Waals surface area (Å²) in [5.41, 5.74) is 5.29. The Balaban J connectivity index is 2.48. The summed E-state index contributed by atoms with van der Waals surface area (Å²) in [4.78, 5) is -1.17. The van der Waals surface area contributed by atoms with Crippen molar-refractivity contribution in [2.75, 3.05) is 10.5 Å². The number of anilines is 2. The lowest BCUT2D eigenvalue weighted by Gasteiger charge is -2.11. The number of nitrogens with two attached hydrogens (primary N) is 1. The Hall–Kier alpha value is -2.22. The standard InChI is InChI=1S/C13H11F3N2O2S/c1-7-2-8(14)4-10(3-7)18-21(19,20)13-11(15)5-9(17)6-12(13)16/h2-6,18H,17H2,1H3. The second-order valence-electron chi connectivity index (χ2n) is 4.44. The zero-order valence-electron chi connectivity index (χ0n) is 10.8. The third-order valence-electron chi connectivity index (χ3n) is 2.58. The Kier molecular flexibility index (Phi) is 3.82. The number of rotatable bonds is 3. The maximum absolute atomic E-state index is 13.7. The minimum atomic E-state index is -4.55. The normalized spacial score (nSPS) is 11.4. The molecule has 0 aromatic heterocycles. The van der Waals surface area contributed by atoms with Crippen molar-refractivity contribution >= 4 is 21.4 Å². The van der Waals surface area contributed by atoms with Gasteiger partial charge in [0.2, 0.25) is 0 Å². The average Bonchev–Trinajstić information content (AvgIpc) is 2.23. The molecule has 8 heteroatoms. The van der Waals surface area contributed by atoms with Gasteiger partial charge in [0.05, 0.1) is 5.69 Å². The first-order valence-corrected chi connectivity index (χ1v) is 7.22. The minimum Gasteiger partial charge on any atom is -0.399 e. The molecule has 0 aliphatic carbocycles. The van der Waals surface area contributed by atoms with Crippen LogP contribution in [0.15, 0.2) is 35.2 Å². The summed E-state index contributed by atoms with van der Waals surface area (Å²) in [6, 6.07) is 4.79.